The number of aryl methyl sites for hydroxylation is 1. The molecule has 1 aromatic heterocycles. The largest absolute Gasteiger partial charge is 0.383 e. The Kier molecular flexibility index (Phi) is 5.86. The SMILES string of the molecule is CCc1nnc(NCCOC)c(CN)c1CC. The Balaban J connectivity index is 2.97. The van der Waals surface area contributed by atoms with Gasteiger partial charge in [0.25, 0.3) is 0 Å². The summed E-state index contributed by atoms with van der Waals surface area (Å²) in [6.07, 6.45) is 1.83. The van der Waals surface area contributed by atoms with Gasteiger partial charge >= 0.3 is 0 Å². The average molecular weight is 238 g/mol. The van der Waals surface area contributed by atoms with Crippen LogP contribution in [-0.2, 0) is 24.1 Å². The number of nitrogens with zero attached hydrogens (tertiary/aromatic N) is 2. The number of ether oxygens (including phenoxy) is 1. The number of nitrogens with one attached hydrogen (secondary N) is 1. The molecule has 17 heavy (non-hydrogen) atoms. The third-order valence-electron chi connectivity index (χ3n) is 2.76. The number of methoxy groups -OCH3 is 1. The first-order valence-electron chi connectivity index (χ1n) is 6.08. The van der Waals surface area contributed by atoms with Crippen LogP contribution >= 0.6 is 0 Å². The zero-order valence-electron chi connectivity index (χ0n) is 10.9. The summed E-state index contributed by atoms with van der Waals surface area (Å²) in [6.45, 7) is 6.05. The van der Waals surface area contributed by atoms with Crippen LogP contribution in [0.25, 0.3) is 0 Å². The van der Waals surface area contributed by atoms with Crippen LogP contribution < -0.4 is 11.1 Å². The van der Waals surface area contributed by atoms with Gasteiger partial charge in [-0.2, -0.15) is 5.10 Å². The molecule has 5 nitrogen and oxygen atoms in total. The van der Waals surface area contributed by atoms with E-state index in [1.165, 1.54) is 5.56 Å². The standard InChI is InChI=1S/C12H22N4O/c1-4-9-10(8-13)12(14-6-7-17-3)16-15-11(9)5-2/h4-8,13H2,1-3H3,(H,14,16). The molecule has 0 aromatic carbocycles. The second-order valence-electron chi connectivity index (χ2n) is 3.78. The molecule has 0 aliphatic carbocycles. The van der Waals surface area contributed by atoms with Crippen molar-refractivity contribution >= 4 is 5.82 Å². The highest BCUT2D eigenvalue weighted by atomic mass is 16.5. The molecule has 1 heterocycles. The molecular formula is C12H22N4O. The minimum atomic E-state index is 0.487. The zero-order valence-corrected chi connectivity index (χ0v) is 10.9. The lowest BCUT2D eigenvalue weighted by Gasteiger charge is -2.15. The molecule has 1 rings (SSSR count). The van der Waals surface area contributed by atoms with Gasteiger partial charge in [-0.1, -0.05) is 13.8 Å². The van der Waals surface area contributed by atoms with Gasteiger partial charge in [-0.15, -0.1) is 5.10 Å². The predicted molar refractivity (Wildman–Crippen MR) is 69.0 cm³/mol. The lowest BCUT2D eigenvalue weighted by atomic mass is 10.0. The van der Waals surface area contributed by atoms with Crippen molar-refractivity contribution in [2.45, 2.75) is 33.2 Å². The van der Waals surface area contributed by atoms with Crippen molar-refractivity contribution in [1.82, 2.24) is 10.2 Å². The van der Waals surface area contributed by atoms with E-state index in [9.17, 15) is 0 Å². The molecule has 5 heteroatoms. The highest BCUT2D eigenvalue weighted by Crippen LogP contribution is 2.20. The van der Waals surface area contributed by atoms with E-state index in [1.54, 1.807) is 7.11 Å². The molecule has 0 bridgehead atoms. The number of nitrogens with two attached hydrogens (primary N) is 1. The third kappa shape index (κ3) is 3.38. The van der Waals surface area contributed by atoms with Crippen LogP contribution in [0.3, 0.4) is 0 Å². The summed E-state index contributed by atoms with van der Waals surface area (Å²) < 4.78 is 5.00. The Morgan fingerprint density at radius 3 is 2.47 bits per heavy atom. The van der Waals surface area contributed by atoms with E-state index >= 15 is 0 Å². The van der Waals surface area contributed by atoms with Crippen molar-refractivity contribution in [3.8, 4) is 0 Å². The Hall–Kier alpha value is -1.20. The van der Waals surface area contributed by atoms with E-state index in [0.717, 1.165) is 29.9 Å². The fourth-order valence-corrected chi connectivity index (χ4v) is 1.88. The second kappa shape index (κ2) is 7.19. The van der Waals surface area contributed by atoms with Crippen molar-refractivity contribution in [2.75, 3.05) is 25.6 Å². The smallest absolute Gasteiger partial charge is 0.153 e. The summed E-state index contributed by atoms with van der Waals surface area (Å²) in [4.78, 5) is 0. The fraction of sp³-hybridized carbons (Fsp3) is 0.667. The van der Waals surface area contributed by atoms with E-state index in [-0.39, 0.29) is 0 Å². The Bertz CT molecular complexity index is 355. The number of aromatic nitrogens is 2. The maximum Gasteiger partial charge on any atom is 0.153 e. The van der Waals surface area contributed by atoms with Crippen LogP contribution in [0, 0.1) is 0 Å². The topological polar surface area (TPSA) is 73.1 Å². The zero-order chi connectivity index (χ0) is 12.7. The van der Waals surface area contributed by atoms with Gasteiger partial charge in [0.2, 0.25) is 0 Å². The summed E-state index contributed by atoms with van der Waals surface area (Å²) in [5.74, 6) is 0.790. The number of rotatable bonds is 7. The van der Waals surface area contributed by atoms with Gasteiger partial charge in [0.05, 0.1) is 12.3 Å². The first-order chi connectivity index (χ1) is 8.28. The molecule has 0 radical (unpaired) electrons. The van der Waals surface area contributed by atoms with Crippen LogP contribution in [0.1, 0.15) is 30.7 Å². The van der Waals surface area contributed by atoms with E-state index in [1.807, 2.05) is 0 Å². The maximum atomic E-state index is 5.82. The van der Waals surface area contributed by atoms with E-state index < -0.39 is 0 Å². The van der Waals surface area contributed by atoms with Crippen molar-refractivity contribution in [2.24, 2.45) is 5.73 Å². The average Bonchev–Trinajstić information content (AvgIpc) is 2.38. The van der Waals surface area contributed by atoms with Crippen molar-refractivity contribution in [3.63, 3.8) is 0 Å². The van der Waals surface area contributed by atoms with Gasteiger partial charge in [-0.05, 0) is 18.4 Å². The Labute approximate surface area is 103 Å². The van der Waals surface area contributed by atoms with Crippen LogP contribution in [0.4, 0.5) is 5.82 Å². The molecule has 0 saturated carbocycles. The lowest BCUT2D eigenvalue weighted by Crippen LogP contribution is -2.16. The van der Waals surface area contributed by atoms with E-state index in [4.69, 9.17) is 10.5 Å². The Morgan fingerprint density at radius 2 is 1.94 bits per heavy atom. The molecule has 0 spiro atoms. The molecule has 0 fully saturated rings. The highest BCUT2D eigenvalue weighted by molar-refractivity contribution is 5.49. The number of anilines is 1. The second-order valence-corrected chi connectivity index (χ2v) is 3.78. The number of hydrogen-bond donors (Lipinski definition) is 2. The molecule has 0 saturated heterocycles. The minimum Gasteiger partial charge on any atom is -0.383 e. The summed E-state index contributed by atoms with van der Waals surface area (Å²) in [5, 5.41) is 11.7. The summed E-state index contributed by atoms with van der Waals surface area (Å²) in [5.41, 5.74) is 9.17. The first kappa shape index (κ1) is 13.9. The van der Waals surface area contributed by atoms with Gasteiger partial charge in [-0.25, -0.2) is 0 Å². The normalized spacial score (nSPS) is 10.6. The lowest BCUT2D eigenvalue weighted by molar-refractivity contribution is 0.210. The van der Waals surface area contributed by atoms with Gasteiger partial charge in [-0.3, -0.25) is 0 Å². The molecule has 96 valence electrons. The monoisotopic (exact) mass is 238 g/mol. The van der Waals surface area contributed by atoms with Crippen molar-refractivity contribution in [1.29, 1.82) is 0 Å². The molecule has 1 aromatic rings. The van der Waals surface area contributed by atoms with Gasteiger partial charge < -0.3 is 15.8 Å². The van der Waals surface area contributed by atoms with Gasteiger partial charge in [0, 0.05) is 25.8 Å². The summed E-state index contributed by atoms with van der Waals surface area (Å²) >= 11 is 0. The van der Waals surface area contributed by atoms with Gasteiger partial charge in [0.1, 0.15) is 0 Å². The fourth-order valence-electron chi connectivity index (χ4n) is 1.88. The quantitative estimate of drug-likeness (QED) is 0.696. The molecule has 0 aliphatic rings. The Morgan fingerprint density at radius 1 is 1.18 bits per heavy atom. The summed E-state index contributed by atoms with van der Waals surface area (Å²) in [6, 6.07) is 0. The first-order valence-corrected chi connectivity index (χ1v) is 6.08. The van der Waals surface area contributed by atoms with Crippen LogP contribution in [-0.4, -0.2) is 30.5 Å². The molecule has 0 atom stereocenters. The number of hydrogen-bond acceptors (Lipinski definition) is 5. The van der Waals surface area contributed by atoms with Crippen molar-refractivity contribution < 1.29 is 4.74 Å². The predicted octanol–water partition coefficient (Wildman–Crippen LogP) is 1.12. The molecule has 0 aliphatic heterocycles. The van der Waals surface area contributed by atoms with Crippen molar-refractivity contribution in [3.05, 3.63) is 16.8 Å². The summed E-state index contributed by atoms with van der Waals surface area (Å²) in [7, 11) is 1.68. The van der Waals surface area contributed by atoms with Crippen LogP contribution in [0.15, 0.2) is 0 Å². The molecule has 0 amide bonds. The third-order valence-corrected chi connectivity index (χ3v) is 2.76. The highest BCUT2D eigenvalue weighted by Gasteiger charge is 2.12. The van der Waals surface area contributed by atoms with Gasteiger partial charge in [0.15, 0.2) is 5.82 Å². The van der Waals surface area contributed by atoms with E-state index in [0.29, 0.717) is 19.7 Å². The maximum absolute atomic E-state index is 5.82. The minimum absolute atomic E-state index is 0.487. The molecule has 0 unspecified atom stereocenters. The molecular weight excluding hydrogens is 216 g/mol. The van der Waals surface area contributed by atoms with E-state index in [2.05, 4.69) is 29.4 Å². The van der Waals surface area contributed by atoms with Crippen LogP contribution in [0.5, 0.6) is 0 Å². The molecule has 3 N–H and O–H groups in total. The van der Waals surface area contributed by atoms with Crippen LogP contribution in [0.2, 0.25) is 0 Å².